The highest BCUT2D eigenvalue weighted by atomic mass is 16.5. The van der Waals surface area contributed by atoms with Crippen LogP contribution in [0, 0.1) is 0 Å². The molecule has 3 aromatic rings. The molecule has 1 saturated heterocycles. The Morgan fingerprint density at radius 2 is 1.62 bits per heavy atom. The Hall–Kier alpha value is -4.59. The predicted molar refractivity (Wildman–Crippen MR) is 151 cm³/mol. The molecular formula is C32H33NO7. The number of aliphatic hydroxyl groups is 1. The highest BCUT2D eigenvalue weighted by molar-refractivity contribution is 6.51. The second-order valence-electron chi connectivity index (χ2n) is 9.75. The molecule has 1 unspecified atom stereocenters. The van der Waals surface area contributed by atoms with Gasteiger partial charge in [-0.3, -0.25) is 19.3 Å². The van der Waals surface area contributed by atoms with Gasteiger partial charge in [0.15, 0.2) is 0 Å². The number of hydrogen-bond acceptors (Lipinski definition) is 7. The van der Waals surface area contributed by atoms with Crippen LogP contribution >= 0.6 is 0 Å². The second kappa shape index (κ2) is 12.1. The van der Waals surface area contributed by atoms with Crippen LogP contribution in [0.15, 0.2) is 72.3 Å². The van der Waals surface area contributed by atoms with Gasteiger partial charge in [0.2, 0.25) is 0 Å². The number of Topliss-reactive ketones (excluding diaryl/α,β-unsaturated/α-hetero) is 1. The minimum atomic E-state index is -0.953. The molecule has 208 valence electrons. The van der Waals surface area contributed by atoms with Crippen LogP contribution in [0.4, 0.5) is 5.69 Å². The van der Waals surface area contributed by atoms with Gasteiger partial charge in [0.05, 0.1) is 31.2 Å². The third-order valence-corrected chi connectivity index (χ3v) is 6.73. The van der Waals surface area contributed by atoms with Crippen molar-refractivity contribution in [2.75, 3.05) is 18.1 Å². The van der Waals surface area contributed by atoms with Gasteiger partial charge < -0.3 is 19.7 Å². The van der Waals surface area contributed by atoms with E-state index in [4.69, 9.17) is 9.47 Å². The molecule has 1 amide bonds. The summed E-state index contributed by atoms with van der Waals surface area (Å²) in [6.45, 7) is 8.39. The van der Waals surface area contributed by atoms with E-state index >= 15 is 0 Å². The first-order chi connectivity index (χ1) is 19.2. The molecule has 8 heteroatoms. The molecule has 0 spiro atoms. The van der Waals surface area contributed by atoms with Gasteiger partial charge in [0.25, 0.3) is 11.7 Å². The second-order valence-corrected chi connectivity index (χ2v) is 9.75. The summed E-state index contributed by atoms with van der Waals surface area (Å²) in [5.74, 6) is -1.50. The summed E-state index contributed by atoms with van der Waals surface area (Å²) in [6.07, 6.45) is 0.0737. The van der Waals surface area contributed by atoms with E-state index in [0.29, 0.717) is 34.7 Å². The molecule has 2 N–H and O–H groups in total. The molecular weight excluding hydrogens is 510 g/mol. The normalized spacial score (nSPS) is 16.4. The van der Waals surface area contributed by atoms with E-state index in [0.717, 1.165) is 5.56 Å². The van der Waals surface area contributed by atoms with Crippen molar-refractivity contribution in [3.63, 3.8) is 0 Å². The molecule has 3 aromatic carbocycles. The van der Waals surface area contributed by atoms with Gasteiger partial charge in [-0.15, -0.1) is 0 Å². The largest absolute Gasteiger partial charge is 0.508 e. The number of anilines is 1. The maximum atomic E-state index is 13.5. The lowest BCUT2D eigenvalue weighted by atomic mass is 9.93. The summed E-state index contributed by atoms with van der Waals surface area (Å²) in [6, 6.07) is 17.1. The summed E-state index contributed by atoms with van der Waals surface area (Å²) in [5.41, 5.74) is 2.82. The van der Waals surface area contributed by atoms with Crippen molar-refractivity contribution in [1.82, 2.24) is 0 Å². The van der Waals surface area contributed by atoms with Crippen molar-refractivity contribution in [3.05, 3.63) is 94.6 Å². The number of phenolic OH excluding ortho intramolecular Hbond substituents is 1. The molecule has 1 aliphatic rings. The number of ether oxygens (including phenoxy) is 2. The minimum absolute atomic E-state index is 0.0251. The predicted octanol–water partition coefficient (Wildman–Crippen LogP) is 5.65. The number of aromatic hydroxyl groups is 1. The highest BCUT2D eigenvalue weighted by Crippen LogP contribution is 2.43. The van der Waals surface area contributed by atoms with E-state index in [1.807, 2.05) is 20.8 Å². The molecule has 0 aromatic heterocycles. The number of esters is 1. The lowest BCUT2D eigenvalue weighted by molar-refractivity contribution is -0.142. The summed E-state index contributed by atoms with van der Waals surface area (Å²) >= 11 is 0. The van der Waals surface area contributed by atoms with E-state index in [9.17, 15) is 24.6 Å². The number of hydrogen-bond donors (Lipinski definition) is 2. The Morgan fingerprint density at radius 1 is 0.950 bits per heavy atom. The first-order valence-corrected chi connectivity index (χ1v) is 13.3. The molecule has 8 nitrogen and oxygen atoms in total. The summed E-state index contributed by atoms with van der Waals surface area (Å²) in [4.78, 5) is 40.2. The van der Waals surface area contributed by atoms with Crippen molar-refractivity contribution in [1.29, 1.82) is 0 Å². The average Bonchev–Trinajstić information content (AvgIpc) is 3.19. The van der Waals surface area contributed by atoms with Gasteiger partial charge >= 0.3 is 5.97 Å². The number of rotatable bonds is 9. The number of aliphatic hydroxyl groups excluding tert-OH is 1. The number of carbonyl (C=O) groups is 3. The zero-order valence-corrected chi connectivity index (χ0v) is 23.0. The number of amides is 1. The maximum absolute atomic E-state index is 13.5. The van der Waals surface area contributed by atoms with Crippen LogP contribution in [-0.4, -0.2) is 41.1 Å². The van der Waals surface area contributed by atoms with Crippen LogP contribution in [0.3, 0.4) is 0 Å². The molecule has 1 heterocycles. The third kappa shape index (κ3) is 5.71. The van der Waals surface area contributed by atoms with E-state index in [1.165, 1.54) is 17.0 Å². The van der Waals surface area contributed by atoms with Crippen molar-refractivity contribution in [3.8, 4) is 11.5 Å². The summed E-state index contributed by atoms with van der Waals surface area (Å²) in [7, 11) is 0. The van der Waals surface area contributed by atoms with E-state index < -0.39 is 17.7 Å². The maximum Gasteiger partial charge on any atom is 0.310 e. The molecule has 0 saturated carbocycles. The first kappa shape index (κ1) is 28.4. The molecule has 4 rings (SSSR count). The number of nitrogens with zero attached hydrogens (tertiary/aromatic N) is 1. The van der Waals surface area contributed by atoms with Crippen LogP contribution in [0.25, 0.3) is 5.76 Å². The highest BCUT2D eigenvalue weighted by Gasteiger charge is 2.47. The van der Waals surface area contributed by atoms with Crippen LogP contribution in [0.1, 0.15) is 61.9 Å². The van der Waals surface area contributed by atoms with Gasteiger partial charge in [-0.1, -0.05) is 38.1 Å². The van der Waals surface area contributed by atoms with Crippen LogP contribution in [0.5, 0.6) is 11.5 Å². The molecule has 40 heavy (non-hydrogen) atoms. The summed E-state index contributed by atoms with van der Waals surface area (Å²) < 4.78 is 10.7. The summed E-state index contributed by atoms with van der Waals surface area (Å²) in [5, 5.41) is 21.4. The van der Waals surface area contributed by atoms with Gasteiger partial charge in [0.1, 0.15) is 17.3 Å². The van der Waals surface area contributed by atoms with Crippen LogP contribution in [0.2, 0.25) is 0 Å². The van der Waals surface area contributed by atoms with Gasteiger partial charge in [-0.2, -0.15) is 0 Å². The Balaban J connectivity index is 1.83. The Morgan fingerprint density at radius 3 is 2.23 bits per heavy atom. The molecule has 1 atom stereocenters. The van der Waals surface area contributed by atoms with Gasteiger partial charge in [-0.25, -0.2) is 0 Å². The Kier molecular flexibility index (Phi) is 8.58. The number of phenols is 1. The number of benzene rings is 3. The quantitative estimate of drug-likeness (QED) is 0.155. The van der Waals surface area contributed by atoms with Crippen molar-refractivity contribution in [2.45, 2.75) is 46.1 Å². The average molecular weight is 544 g/mol. The Bertz CT molecular complexity index is 1440. The van der Waals surface area contributed by atoms with E-state index in [2.05, 4.69) is 0 Å². The van der Waals surface area contributed by atoms with Crippen molar-refractivity contribution in [2.24, 2.45) is 0 Å². The minimum Gasteiger partial charge on any atom is -0.508 e. The zero-order chi connectivity index (χ0) is 29.0. The van der Waals surface area contributed by atoms with Gasteiger partial charge in [0, 0.05) is 11.3 Å². The molecule has 0 bridgehead atoms. The van der Waals surface area contributed by atoms with Crippen LogP contribution in [-0.2, 0) is 25.5 Å². The van der Waals surface area contributed by atoms with Gasteiger partial charge in [-0.05, 0) is 78.9 Å². The number of carbonyl (C=O) groups excluding carboxylic acids is 3. The molecule has 1 aliphatic heterocycles. The van der Waals surface area contributed by atoms with E-state index in [-0.39, 0.29) is 42.0 Å². The van der Waals surface area contributed by atoms with E-state index in [1.54, 1.807) is 61.5 Å². The van der Waals surface area contributed by atoms with Crippen molar-refractivity contribution < 1.29 is 34.1 Å². The molecule has 0 aliphatic carbocycles. The topological polar surface area (TPSA) is 113 Å². The fourth-order valence-corrected chi connectivity index (χ4v) is 4.81. The Labute approximate surface area is 233 Å². The lowest BCUT2D eigenvalue weighted by Gasteiger charge is -2.26. The monoisotopic (exact) mass is 543 g/mol. The third-order valence-electron chi connectivity index (χ3n) is 6.73. The standard InChI is InChI=1S/C32H33NO7/c1-5-39-26-16-11-22(18-25(26)19(3)4)30(36)28-29(21-9-14-24(34)15-10-21)33(32(38)31(28)37)23-12-7-20(8-13-23)17-27(35)40-6-2/h7-16,18-19,29,34,36H,5-6,17H2,1-4H3/b30-28-. The molecule has 0 radical (unpaired) electrons. The molecule has 1 fully saturated rings. The smallest absolute Gasteiger partial charge is 0.310 e. The lowest BCUT2D eigenvalue weighted by Crippen LogP contribution is -2.29. The van der Waals surface area contributed by atoms with Crippen LogP contribution < -0.4 is 9.64 Å². The number of ketones is 1. The zero-order valence-electron chi connectivity index (χ0n) is 23.0. The fourth-order valence-electron chi connectivity index (χ4n) is 4.81. The van der Waals surface area contributed by atoms with Crippen molar-refractivity contribution >= 4 is 29.1 Å². The first-order valence-electron chi connectivity index (χ1n) is 13.3. The SMILES string of the molecule is CCOC(=O)Cc1ccc(N2C(=O)C(=O)/C(=C(\O)c3ccc(OCC)c(C(C)C)c3)C2c2ccc(O)cc2)cc1. The fraction of sp³-hybridized carbons (Fsp3) is 0.281.